The van der Waals surface area contributed by atoms with Crippen molar-refractivity contribution in [1.29, 1.82) is 0 Å². The fourth-order valence-electron chi connectivity index (χ4n) is 3.55. The Morgan fingerprint density at radius 3 is 2.29 bits per heavy atom. The van der Waals surface area contributed by atoms with Gasteiger partial charge in [-0.15, -0.1) is 0 Å². The summed E-state index contributed by atoms with van der Waals surface area (Å²) in [6.07, 6.45) is 6.67. The number of rotatable bonds is 15. The molecule has 0 fully saturated rings. The van der Waals surface area contributed by atoms with E-state index in [1.54, 1.807) is 0 Å². The van der Waals surface area contributed by atoms with Gasteiger partial charge in [0, 0.05) is 17.4 Å². The van der Waals surface area contributed by atoms with Crippen LogP contribution in [0.25, 0.3) is 0 Å². The second-order valence-electron chi connectivity index (χ2n) is 8.30. The molecule has 0 aromatic heterocycles. The number of unbranched alkanes of at least 4 members (excludes halogenated alkanes) is 3. The minimum absolute atomic E-state index is 0.113. The van der Waals surface area contributed by atoms with Crippen molar-refractivity contribution in [3.8, 4) is 11.5 Å². The van der Waals surface area contributed by atoms with E-state index in [4.69, 9.17) is 9.47 Å². The Kier molecular flexibility index (Phi) is 10.8. The molecule has 34 heavy (non-hydrogen) atoms. The number of carbonyl (C=O) groups is 1. The second kappa shape index (κ2) is 14.6. The first-order valence-electron chi connectivity index (χ1n) is 12.3. The fourth-order valence-corrected chi connectivity index (χ4v) is 3.55. The topological polar surface area (TPSA) is 59.6 Å². The lowest BCUT2D eigenvalue weighted by atomic mass is 10.1. The van der Waals surface area contributed by atoms with Crippen LogP contribution in [0.5, 0.6) is 11.5 Å². The number of amides is 1. The lowest BCUT2D eigenvalue weighted by Crippen LogP contribution is -2.21. The van der Waals surface area contributed by atoms with Crippen LogP contribution in [0, 0.1) is 0 Å². The predicted octanol–water partition coefficient (Wildman–Crippen LogP) is 6.71. The molecule has 0 saturated heterocycles. The fraction of sp³-hybridized carbons (Fsp3) is 0.345. The number of hydrogen-bond donors (Lipinski definition) is 2. The first-order chi connectivity index (χ1) is 16.7. The summed E-state index contributed by atoms with van der Waals surface area (Å²) < 4.78 is 11.6. The second-order valence-corrected chi connectivity index (χ2v) is 8.30. The Balaban J connectivity index is 1.35. The third-order valence-electron chi connectivity index (χ3n) is 5.41. The smallest absolute Gasteiger partial charge is 0.243 e. The van der Waals surface area contributed by atoms with Crippen LogP contribution in [0.1, 0.15) is 44.6 Å². The van der Waals surface area contributed by atoms with Crippen LogP contribution < -0.4 is 20.1 Å². The van der Waals surface area contributed by atoms with Gasteiger partial charge in [-0.3, -0.25) is 4.79 Å². The molecule has 0 aliphatic carbocycles. The Labute approximate surface area is 203 Å². The van der Waals surface area contributed by atoms with Gasteiger partial charge in [0.2, 0.25) is 5.91 Å². The van der Waals surface area contributed by atoms with Gasteiger partial charge >= 0.3 is 0 Å². The van der Waals surface area contributed by atoms with Gasteiger partial charge in [0.15, 0.2) is 0 Å². The lowest BCUT2D eigenvalue weighted by molar-refractivity contribution is -0.114. The summed E-state index contributed by atoms with van der Waals surface area (Å²) in [6, 6.07) is 25.6. The Hall–Kier alpha value is -3.47. The van der Waals surface area contributed by atoms with E-state index in [1.807, 2.05) is 54.6 Å². The highest BCUT2D eigenvalue weighted by atomic mass is 16.5. The van der Waals surface area contributed by atoms with E-state index in [1.165, 1.54) is 24.8 Å². The van der Waals surface area contributed by atoms with Crippen LogP contribution in [-0.2, 0) is 11.2 Å². The largest absolute Gasteiger partial charge is 0.494 e. The number of anilines is 2. The number of benzene rings is 3. The van der Waals surface area contributed by atoms with Crippen molar-refractivity contribution in [1.82, 2.24) is 0 Å². The Morgan fingerprint density at radius 1 is 0.735 bits per heavy atom. The zero-order valence-corrected chi connectivity index (χ0v) is 20.1. The van der Waals surface area contributed by atoms with Crippen molar-refractivity contribution >= 4 is 17.3 Å². The van der Waals surface area contributed by atoms with E-state index in [2.05, 4.69) is 41.8 Å². The number of nitrogens with one attached hydrogen (secondary N) is 2. The van der Waals surface area contributed by atoms with Crippen molar-refractivity contribution in [3.05, 3.63) is 84.4 Å². The van der Waals surface area contributed by atoms with Gasteiger partial charge in [-0.05, 0) is 61.2 Å². The molecule has 0 bridgehead atoms. The molecular formula is C29H36N2O3. The van der Waals surface area contributed by atoms with Gasteiger partial charge in [-0.1, -0.05) is 62.6 Å². The van der Waals surface area contributed by atoms with Gasteiger partial charge in [0.25, 0.3) is 0 Å². The van der Waals surface area contributed by atoms with E-state index in [9.17, 15) is 4.79 Å². The molecule has 1 amide bonds. The molecule has 2 N–H and O–H groups in total. The first kappa shape index (κ1) is 25.2. The molecule has 0 heterocycles. The maximum atomic E-state index is 12.4. The summed E-state index contributed by atoms with van der Waals surface area (Å²) in [6.45, 7) is 3.75. The number of carbonyl (C=O) groups excluding carboxylic acids is 1. The van der Waals surface area contributed by atoms with E-state index in [0.717, 1.165) is 48.7 Å². The van der Waals surface area contributed by atoms with Gasteiger partial charge in [-0.2, -0.15) is 0 Å². The predicted molar refractivity (Wildman–Crippen MR) is 140 cm³/mol. The van der Waals surface area contributed by atoms with Crippen LogP contribution in [-0.4, -0.2) is 25.7 Å². The maximum absolute atomic E-state index is 12.4. The summed E-state index contributed by atoms with van der Waals surface area (Å²) in [5, 5.41) is 6.07. The Bertz CT molecular complexity index is 974. The molecule has 0 atom stereocenters. The molecule has 0 aliphatic rings. The average Bonchev–Trinajstić information content (AvgIpc) is 2.87. The molecule has 0 spiro atoms. The molecule has 0 aliphatic heterocycles. The molecule has 0 radical (unpaired) electrons. The van der Waals surface area contributed by atoms with E-state index >= 15 is 0 Å². The van der Waals surface area contributed by atoms with Gasteiger partial charge in [0.05, 0.1) is 19.8 Å². The minimum Gasteiger partial charge on any atom is -0.494 e. The quantitative estimate of drug-likeness (QED) is 0.248. The number of ether oxygens (including phenoxy) is 2. The van der Waals surface area contributed by atoms with Gasteiger partial charge in [-0.25, -0.2) is 0 Å². The molecule has 3 rings (SSSR count). The summed E-state index contributed by atoms with van der Waals surface area (Å²) in [4.78, 5) is 12.4. The normalized spacial score (nSPS) is 10.5. The zero-order chi connectivity index (χ0) is 23.8. The highest BCUT2D eigenvalue weighted by molar-refractivity contribution is 5.93. The van der Waals surface area contributed by atoms with Crippen molar-refractivity contribution in [2.45, 2.75) is 45.4 Å². The van der Waals surface area contributed by atoms with Crippen molar-refractivity contribution < 1.29 is 14.3 Å². The third-order valence-corrected chi connectivity index (χ3v) is 5.41. The van der Waals surface area contributed by atoms with Crippen molar-refractivity contribution in [2.75, 3.05) is 30.4 Å². The molecule has 3 aromatic rings. The lowest BCUT2D eigenvalue weighted by Gasteiger charge is -2.11. The standard InChI is InChI=1S/C29H36N2O3/c1-2-3-4-8-20-33-27-18-16-25(17-19-27)30-23-29(32)31-26-14-9-15-28(22-26)34-21-10-13-24-11-6-5-7-12-24/h5-7,9,11-12,14-19,22,30H,2-4,8,10,13,20-21,23H2,1H3,(H,31,32). The average molecular weight is 461 g/mol. The summed E-state index contributed by atoms with van der Waals surface area (Å²) in [7, 11) is 0. The SMILES string of the molecule is CCCCCCOc1ccc(NCC(=O)Nc2cccc(OCCCc3ccccc3)c2)cc1. The molecule has 180 valence electrons. The first-order valence-corrected chi connectivity index (χ1v) is 12.3. The number of hydrogen-bond acceptors (Lipinski definition) is 4. The number of aryl methyl sites for hydroxylation is 1. The van der Waals surface area contributed by atoms with Crippen molar-refractivity contribution in [3.63, 3.8) is 0 Å². The minimum atomic E-state index is -0.113. The highest BCUT2D eigenvalue weighted by Crippen LogP contribution is 2.19. The third kappa shape index (κ3) is 9.57. The maximum Gasteiger partial charge on any atom is 0.243 e. The van der Waals surface area contributed by atoms with Crippen LogP contribution in [0.4, 0.5) is 11.4 Å². The zero-order valence-electron chi connectivity index (χ0n) is 20.1. The van der Waals surface area contributed by atoms with Crippen molar-refractivity contribution in [2.24, 2.45) is 0 Å². The van der Waals surface area contributed by atoms with Crippen LogP contribution >= 0.6 is 0 Å². The van der Waals surface area contributed by atoms with E-state index in [-0.39, 0.29) is 12.5 Å². The summed E-state index contributed by atoms with van der Waals surface area (Å²) in [5.41, 5.74) is 2.91. The highest BCUT2D eigenvalue weighted by Gasteiger charge is 2.04. The van der Waals surface area contributed by atoms with Gasteiger partial charge < -0.3 is 20.1 Å². The summed E-state index contributed by atoms with van der Waals surface area (Å²) >= 11 is 0. The Morgan fingerprint density at radius 2 is 1.50 bits per heavy atom. The van der Waals surface area contributed by atoms with Crippen LogP contribution in [0.3, 0.4) is 0 Å². The molecule has 0 saturated carbocycles. The monoisotopic (exact) mass is 460 g/mol. The van der Waals surface area contributed by atoms with Crippen LogP contribution in [0.2, 0.25) is 0 Å². The molecule has 5 nitrogen and oxygen atoms in total. The molecule has 0 unspecified atom stereocenters. The van der Waals surface area contributed by atoms with Crippen LogP contribution in [0.15, 0.2) is 78.9 Å². The van der Waals surface area contributed by atoms with E-state index in [0.29, 0.717) is 6.61 Å². The molecule has 5 heteroatoms. The molecule has 3 aromatic carbocycles. The molecular weight excluding hydrogens is 424 g/mol. The van der Waals surface area contributed by atoms with Gasteiger partial charge in [0.1, 0.15) is 11.5 Å². The summed E-state index contributed by atoms with van der Waals surface area (Å²) in [5.74, 6) is 1.49. The van der Waals surface area contributed by atoms with E-state index < -0.39 is 0 Å².